The molecule has 19 heavy (non-hydrogen) atoms. The Balaban J connectivity index is 2.16. The van der Waals surface area contributed by atoms with Crippen molar-refractivity contribution in [3.8, 4) is 0 Å². The van der Waals surface area contributed by atoms with Gasteiger partial charge in [0.1, 0.15) is 0 Å². The monoisotopic (exact) mass is 362 g/mol. The Morgan fingerprint density at radius 1 is 1.21 bits per heavy atom. The van der Waals surface area contributed by atoms with Crippen LogP contribution in [0.3, 0.4) is 0 Å². The van der Waals surface area contributed by atoms with Crippen molar-refractivity contribution in [2.45, 2.75) is 37.8 Å². The molecule has 0 bridgehead atoms. The zero-order valence-electron chi connectivity index (χ0n) is 10.1. The summed E-state index contributed by atoms with van der Waals surface area (Å²) in [4.78, 5) is 4.45. The van der Waals surface area contributed by atoms with Gasteiger partial charge in [0.25, 0.3) is 0 Å². The fraction of sp³-hybridized carbons (Fsp3) is 0.462. The zero-order valence-corrected chi connectivity index (χ0v) is 13.2. The van der Waals surface area contributed by atoms with Gasteiger partial charge in [-0.15, -0.1) is 0 Å². The Bertz CT molecular complexity index is 629. The van der Waals surface area contributed by atoms with E-state index in [1.807, 2.05) is 10.6 Å². The summed E-state index contributed by atoms with van der Waals surface area (Å²) in [7, 11) is 0. The Hall–Kier alpha value is -0.290. The van der Waals surface area contributed by atoms with E-state index in [1.165, 1.54) is 0 Å². The van der Waals surface area contributed by atoms with E-state index >= 15 is 0 Å². The van der Waals surface area contributed by atoms with Crippen LogP contribution in [0, 0.1) is 0 Å². The van der Waals surface area contributed by atoms with Crippen LogP contribution < -0.4 is 0 Å². The first-order valence-corrected chi connectivity index (χ1v) is 7.83. The first kappa shape index (κ1) is 13.7. The SMILES string of the molecule is O[C@H]1CCCC[C@@H]1n1c(Br)nc2cc(Cl)c(Cl)cc21. The highest BCUT2D eigenvalue weighted by atomic mass is 79.9. The van der Waals surface area contributed by atoms with E-state index < -0.39 is 0 Å². The number of fused-ring (bicyclic) bond motifs is 1. The Labute approximate surface area is 129 Å². The lowest BCUT2D eigenvalue weighted by Gasteiger charge is -2.29. The number of aliphatic hydroxyl groups is 1. The van der Waals surface area contributed by atoms with Crippen LogP contribution >= 0.6 is 39.1 Å². The van der Waals surface area contributed by atoms with Crippen molar-refractivity contribution in [3.05, 3.63) is 26.9 Å². The molecule has 0 unspecified atom stereocenters. The number of halogens is 3. The number of hydrogen-bond donors (Lipinski definition) is 1. The van der Waals surface area contributed by atoms with E-state index in [2.05, 4.69) is 20.9 Å². The molecule has 0 saturated heterocycles. The summed E-state index contributed by atoms with van der Waals surface area (Å²) in [6, 6.07) is 3.62. The van der Waals surface area contributed by atoms with Crippen molar-refractivity contribution in [2.24, 2.45) is 0 Å². The number of aromatic nitrogens is 2. The molecule has 0 spiro atoms. The second-order valence-electron chi connectivity index (χ2n) is 4.93. The van der Waals surface area contributed by atoms with Gasteiger partial charge in [-0.05, 0) is 40.9 Å². The summed E-state index contributed by atoms with van der Waals surface area (Å²) in [5.74, 6) is 0. The molecule has 102 valence electrons. The zero-order chi connectivity index (χ0) is 13.6. The molecule has 2 atom stereocenters. The number of aliphatic hydroxyl groups excluding tert-OH is 1. The highest BCUT2D eigenvalue weighted by Gasteiger charge is 2.28. The summed E-state index contributed by atoms with van der Waals surface area (Å²) in [5, 5.41) is 11.2. The quantitative estimate of drug-likeness (QED) is 0.805. The first-order chi connectivity index (χ1) is 9.08. The van der Waals surface area contributed by atoms with Crippen molar-refractivity contribution >= 4 is 50.2 Å². The molecular weight excluding hydrogens is 351 g/mol. The molecule has 1 aromatic heterocycles. The van der Waals surface area contributed by atoms with Crippen LogP contribution in [0.5, 0.6) is 0 Å². The van der Waals surface area contributed by atoms with Crippen LogP contribution in [-0.2, 0) is 0 Å². The molecule has 3 nitrogen and oxygen atoms in total. The van der Waals surface area contributed by atoms with Gasteiger partial charge < -0.3 is 9.67 Å². The number of hydrogen-bond acceptors (Lipinski definition) is 2. The van der Waals surface area contributed by atoms with Gasteiger partial charge in [0.05, 0.1) is 33.2 Å². The minimum Gasteiger partial charge on any atom is -0.391 e. The minimum atomic E-state index is -0.336. The molecule has 2 aromatic rings. The summed E-state index contributed by atoms with van der Waals surface area (Å²) in [6.07, 6.45) is 3.64. The molecule has 0 radical (unpaired) electrons. The Morgan fingerprint density at radius 2 is 1.89 bits per heavy atom. The molecule has 1 aliphatic rings. The van der Waals surface area contributed by atoms with E-state index in [1.54, 1.807) is 6.07 Å². The third-order valence-corrected chi connectivity index (χ3v) is 5.00. The van der Waals surface area contributed by atoms with Gasteiger partial charge in [-0.3, -0.25) is 0 Å². The van der Waals surface area contributed by atoms with E-state index in [4.69, 9.17) is 23.2 Å². The van der Waals surface area contributed by atoms with Crippen LogP contribution in [0.1, 0.15) is 31.7 Å². The van der Waals surface area contributed by atoms with Gasteiger partial charge in [0.15, 0.2) is 4.73 Å². The second kappa shape index (κ2) is 5.24. The maximum absolute atomic E-state index is 10.2. The van der Waals surface area contributed by atoms with Gasteiger partial charge >= 0.3 is 0 Å². The highest BCUT2D eigenvalue weighted by Crippen LogP contribution is 2.36. The molecule has 0 aliphatic heterocycles. The van der Waals surface area contributed by atoms with Crippen LogP contribution in [0.25, 0.3) is 11.0 Å². The average molecular weight is 364 g/mol. The third kappa shape index (κ3) is 2.40. The van der Waals surface area contributed by atoms with Crippen molar-refractivity contribution in [2.75, 3.05) is 0 Å². The number of rotatable bonds is 1. The second-order valence-corrected chi connectivity index (χ2v) is 6.45. The van der Waals surface area contributed by atoms with Crippen molar-refractivity contribution in [3.63, 3.8) is 0 Å². The number of imidazole rings is 1. The standard InChI is InChI=1S/C13H13BrCl2N2O/c14-13-17-9-5-7(15)8(16)6-11(9)18(13)10-3-1-2-4-12(10)19/h5-6,10,12,19H,1-4H2/t10-,12-/m0/s1. The van der Waals surface area contributed by atoms with Crippen molar-refractivity contribution < 1.29 is 5.11 Å². The van der Waals surface area contributed by atoms with E-state index in [-0.39, 0.29) is 12.1 Å². The Morgan fingerprint density at radius 3 is 2.63 bits per heavy atom. The lowest BCUT2D eigenvalue weighted by molar-refractivity contribution is 0.0763. The smallest absolute Gasteiger partial charge is 0.178 e. The number of benzene rings is 1. The van der Waals surface area contributed by atoms with Crippen molar-refractivity contribution in [1.29, 1.82) is 0 Å². The Kier molecular flexibility index (Phi) is 3.78. The molecule has 1 heterocycles. The normalized spacial score (nSPS) is 24.0. The first-order valence-electron chi connectivity index (χ1n) is 6.28. The molecule has 3 rings (SSSR count). The fourth-order valence-corrected chi connectivity index (χ4v) is 3.73. The third-order valence-electron chi connectivity index (χ3n) is 3.71. The molecule has 1 aliphatic carbocycles. The van der Waals surface area contributed by atoms with Crippen LogP contribution in [-0.4, -0.2) is 20.8 Å². The fourth-order valence-electron chi connectivity index (χ4n) is 2.77. The lowest BCUT2D eigenvalue weighted by atomic mass is 9.92. The van der Waals surface area contributed by atoms with Crippen LogP contribution in [0.15, 0.2) is 16.9 Å². The van der Waals surface area contributed by atoms with Gasteiger partial charge in [0, 0.05) is 0 Å². The molecular formula is C13H13BrCl2N2O. The number of nitrogens with zero attached hydrogens (tertiary/aromatic N) is 2. The predicted molar refractivity (Wildman–Crippen MR) is 81.0 cm³/mol. The molecule has 6 heteroatoms. The summed E-state index contributed by atoms with van der Waals surface area (Å²) in [5.41, 5.74) is 1.70. The topological polar surface area (TPSA) is 38.0 Å². The average Bonchev–Trinajstić information content (AvgIpc) is 2.66. The lowest BCUT2D eigenvalue weighted by Crippen LogP contribution is -2.27. The molecule has 0 amide bonds. The molecule has 1 N–H and O–H groups in total. The van der Waals surface area contributed by atoms with Crippen LogP contribution in [0.4, 0.5) is 0 Å². The van der Waals surface area contributed by atoms with E-state index in [0.29, 0.717) is 14.8 Å². The predicted octanol–water partition coefficient (Wildman–Crippen LogP) is 4.58. The maximum atomic E-state index is 10.2. The maximum Gasteiger partial charge on any atom is 0.178 e. The summed E-state index contributed by atoms with van der Waals surface area (Å²) in [6.45, 7) is 0. The van der Waals surface area contributed by atoms with E-state index in [0.717, 1.165) is 36.7 Å². The van der Waals surface area contributed by atoms with E-state index in [9.17, 15) is 5.11 Å². The molecule has 1 fully saturated rings. The molecule has 1 aromatic carbocycles. The highest BCUT2D eigenvalue weighted by molar-refractivity contribution is 9.10. The van der Waals surface area contributed by atoms with Crippen LogP contribution in [0.2, 0.25) is 10.0 Å². The van der Waals surface area contributed by atoms with Crippen molar-refractivity contribution in [1.82, 2.24) is 9.55 Å². The minimum absolute atomic E-state index is 0.0466. The van der Waals surface area contributed by atoms with Gasteiger partial charge in [-0.25, -0.2) is 4.98 Å². The molecule has 1 saturated carbocycles. The van der Waals surface area contributed by atoms with Gasteiger partial charge in [-0.1, -0.05) is 36.0 Å². The summed E-state index contributed by atoms with van der Waals surface area (Å²) < 4.78 is 2.74. The van der Waals surface area contributed by atoms with Gasteiger partial charge in [-0.2, -0.15) is 0 Å². The summed E-state index contributed by atoms with van der Waals surface area (Å²) >= 11 is 15.6. The van der Waals surface area contributed by atoms with Gasteiger partial charge in [0.2, 0.25) is 0 Å². The largest absolute Gasteiger partial charge is 0.391 e.